The molecule has 0 saturated carbocycles. The summed E-state index contributed by atoms with van der Waals surface area (Å²) in [6.07, 6.45) is -0.229. The molecule has 2 aromatic rings. The zero-order valence-corrected chi connectivity index (χ0v) is 10.5. The molecule has 0 heterocycles. The first-order valence-electron chi connectivity index (χ1n) is 5.91. The molecule has 2 rings (SSSR count). The lowest BCUT2D eigenvalue weighted by Crippen LogP contribution is -2.14. The van der Waals surface area contributed by atoms with Crippen molar-refractivity contribution in [2.24, 2.45) is 0 Å². The summed E-state index contributed by atoms with van der Waals surface area (Å²) in [4.78, 5) is 22.0. The first kappa shape index (κ1) is 13.7. The maximum atomic E-state index is 13.5. The van der Waals surface area contributed by atoms with Gasteiger partial charge >= 0.3 is 6.09 Å². The molecule has 4 nitrogen and oxygen atoms in total. The van der Waals surface area contributed by atoms with Gasteiger partial charge in [0.05, 0.1) is 5.69 Å². The third kappa shape index (κ3) is 3.65. The molecule has 0 spiro atoms. The molecular formula is C15H12FNO3. The number of anilines is 1. The van der Waals surface area contributed by atoms with Crippen LogP contribution >= 0.6 is 0 Å². The lowest BCUT2D eigenvalue weighted by molar-refractivity contribution is 0.112. The summed E-state index contributed by atoms with van der Waals surface area (Å²) < 4.78 is 18.5. The van der Waals surface area contributed by atoms with Crippen molar-refractivity contribution in [1.29, 1.82) is 0 Å². The third-order valence-electron chi connectivity index (χ3n) is 2.58. The molecule has 0 fully saturated rings. The van der Waals surface area contributed by atoms with Crippen molar-refractivity contribution in [3.05, 3.63) is 65.5 Å². The van der Waals surface area contributed by atoms with E-state index >= 15 is 0 Å². The number of rotatable bonds is 4. The highest BCUT2D eigenvalue weighted by molar-refractivity contribution is 5.85. The van der Waals surface area contributed by atoms with Crippen LogP contribution in [-0.2, 0) is 11.3 Å². The van der Waals surface area contributed by atoms with Crippen molar-refractivity contribution >= 4 is 18.1 Å². The van der Waals surface area contributed by atoms with E-state index in [0.29, 0.717) is 6.29 Å². The second-order valence-electron chi connectivity index (χ2n) is 4.04. The standard InChI is InChI=1S/C15H12FNO3/c16-13-8-12(9-18)6-7-14(13)17-15(19)20-10-11-4-2-1-3-5-11/h1-9H,10H2,(H,17,19). The van der Waals surface area contributed by atoms with Crippen LogP contribution < -0.4 is 5.32 Å². The first-order chi connectivity index (χ1) is 9.69. The lowest BCUT2D eigenvalue weighted by atomic mass is 10.2. The minimum absolute atomic E-state index is 0.0336. The van der Waals surface area contributed by atoms with Crippen LogP contribution in [0.1, 0.15) is 15.9 Å². The summed E-state index contributed by atoms with van der Waals surface area (Å²) in [6, 6.07) is 12.9. The summed E-state index contributed by atoms with van der Waals surface area (Å²) in [6.45, 7) is 0.0979. The summed E-state index contributed by atoms with van der Waals surface area (Å²) in [7, 11) is 0. The number of carbonyl (C=O) groups excluding carboxylic acids is 2. The Morgan fingerprint density at radius 2 is 1.95 bits per heavy atom. The highest BCUT2D eigenvalue weighted by Gasteiger charge is 2.08. The lowest BCUT2D eigenvalue weighted by Gasteiger charge is -2.08. The van der Waals surface area contributed by atoms with Gasteiger partial charge in [-0.25, -0.2) is 9.18 Å². The van der Waals surface area contributed by atoms with Crippen LogP contribution in [0.3, 0.4) is 0 Å². The Morgan fingerprint density at radius 3 is 2.60 bits per heavy atom. The van der Waals surface area contributed by atoms with E-state index in [9.17, 15) is 14.0 Å². The Labute approximate surface area is 115 Å². The average molecular weight is 273 g/mol. The molecule has 0 atom stereocenters. The Hall–Kier alpha value is -2.69. The van der Waals surface area contributed by atoms with Crippen LogP contribution in [0.25, 0.3) is 0 Å². The predicted octanol–water partition coefficient (Wildman–Crippen LogP) is 3.39. The molecule has 0 aliphatic rings. The number of benzene rings is 2. The topological polar surface area (TPSA) is 55.4 Å². The van der Waals surface area contributed by atoms with Gasteiger partial charge < -0.3 is 4.74 Å². The molecule has 1 amide bonds. The fourth-order valence-electron chi connectivity index (χ4n) is 1.58. The van der Waals surface area contributed by atoms with E-state index in [1.54, 1.807) is 0 Å². The van der Waals surface area contributed by atoms with Crippen LogP contribution in [0, 0.1) is 5.82 Å². The monoisotopic (exact) mass is 273 g/mol. The summed E-state index contributed by atoms with van der Waals surface area (Å²) in [5, 5.41) is 2.28. The third-order valence-corrected chi connectivity index (χ3v) is 2.58. The quantitative estimate of drug-likeness (QED) is 0.869. The van der Waals surface area contributed by atoms with Gasteiger partial charge in [-0.1, -0.05) is 30.3 Å². The summed E-state index contributed by atoms with van der Waals surface area (Å²) in [5.74, 6) is -0.689. The van der Waals surface area contributed by atoms with Gasteiger partial charge in [0.15, 0.2) is 0 Å². The number of carbonyl (C=O) groups is 2. The van der Waals surface area contributed by atoms with Gasteiger partial charge in [-0.3, -0.25) is 10.1 Å². The molecular weight excluding hydrogens is 261 g/mol. The van der Waals surface area contributed by atoms with Crippen molar-refractivity contribution in [2.45, 2.75) is 6.61 Å². The molecule has 2 aromatic carbocycles. The van der Waals surface area contributed by atoms with E-state index < -0.39 is 11.9 Å². The Kier molecular flexibility index (Phi) is 4.44. The maximum absolute atomic E-state index is 13.5. The molecule has 0 aliphatic heterocycles. The number of ether oxygens (including phenoxy) is 1. The van der Waals surface area contributed by atoms with Gasteiger partial charge in [0.1, 0.15) is 18.7 Å². The molecule has 1 N–H and O–H groups in total. The number of nitrogens with one attached hydrogen (secondary N) is 1. The molecule has 0 radical (unpaired) electrons. The average Bonchev–Trinajstić information content (AvgIpc) is 2.48. The van der Waals surface area contributed by atoms with Gasteiger partial charge in [0.25, 0.3) is 0 Å². The zero-order chi connectivity index (χ0) is 14.4. The minimum atomic E-state index is -0.758. The number of hydrogen-bond acceptors (Lipinski definition) is 3. The van der Waals surface area contributed by atoms with E-state index in [2.05, 4.69) is 5.32 Å². The molecule has 0 aromatic heterocycles. The summed E-state index contributed by atoms with van der Waals surface area (Å²) in [5.41, 5.74) is 0.999. The van der Waals surface area contributed by atoms with Crippen molar-refractivity contribution < 1.29 is 18.7 Å². The Bertz CT molecular complexity index is 614. The van der Waals surface area contributed by atoms with Crippen LogP contribution in [0.15, 0.2) is 48.5 Å². The fourth-order valence-corrected chi connectivity index (χ4v) is 1.58. The smallest absolute Gasteiger partial charge is 0.412 e. The van der Waals surface area contributed by atoms with Crippen molar-refractivity contribution in [3.8, 4) is 0 Å². The van der Waals surface area contributed by atoms with Gasteiger partial charge in [-0.15, -0.1) is 0 Å². The highest BCUT2D eigenvalue weighted by Crippen LogP contribution is 2.15. The number of aldehydes is 1. The van der Waals surface area contributed by atoms with Crippen molar-refractivity contribution in [1.82, 2.24) is 0 Å². The predicted molar refractivity (Wildman–Crippen MR) is 72.0 cm³/mol. The van der Waals surface area contributed by atoms with Gasteiger partial charge in [-0.05, 0) is 23.8 Å². The summed E-state index contributed by atoms with van der Waals surface area (Å²) >= 11 is 0. The maximum Gasteiger partial charge on any atom is 0.412 e. The second kappa shape index (κ2) is 6.47. The molecule has 0 unspecified atom stereocenters. The van der Waals surface area contributed by atoms with E-state index in [4.69, 9.17) is 4.74 Å². The second-order valence-corrected chi connectivity index (χ2v) is 4.04. The van der Waals surface area contributed by atoms with Crippen LogP contribution in [-0.4, -0.2) is 12.4 Å². The van der Waals surface area contributed by atoms with Crippen molar-refractivity contribution in [2.75, 3.05) is 5.32 Å². The highest BCUT2D eigenvalue weighted by atomic mass is 19.1. The molecule has 5 heteroatoms. The molecule has 0 aliphatic carbocycles. The van der Waals surface area contributed by atoms with Gasteiger partial charge in [0, 0.05) is 5.56 Å². The van der Waals surface area contributed by atoms with Gasteiger partial charge in [0.2, 0.25) is 0 Å². The van der Waals surface area contributed by atoms with Crippen LogP contribution in [0.2, 0.25) is 0 Å². The number of amides is 1. The van der Waals surface area contributed by atoms with Crippen LogP contribution in [0.5, 0.6) is 0 Å². The van der Waals surface area contributed by atoms with Gasteiger partial charge in [-0.2, -0.15) is 0 Å². The van der Waals surface area contributed by atoms with E-state index in [1.165, 1.54) is 12.1 Å². The molecule has 20 heavy (non-hydrogen) atoms. The number of hydrogen-bond donors (Lipinski definition) is 1. The van der Waals surface area contributed by atoms with Crippen LogP contribution in [0.4, 0.5) is 14.9 Å². The van der Waals surface area contributed by atoms with E-state index in [0.717, 1.165) is 11.6 Å². The van der Waals surface area contributed by atoms with Crippen molar-refractivity contribution in [3.63, 3.8) is 0 Å². The number of halogens is 1. The Morgan fingerprint density at radius 1 is 1.20 bits per heavy atom. The molecule has 0 saturated heterocycles. The minimum Gasteiger partial charge on any atom is -0.444 e. The first-order valence-corrected chi connectivity index (χ1v) is 5.91. The SMILES string of the molecule is O=Cc1ccc(NC(=O)OCc2ccccc2)c(F)c1. The fraction of sp³-hybridized carbons (Fsp3) is 0.0667. The molecule has 102 valence electrons. The largest absolute Gasteiger partial charge is 0.444 e. The van der Waals surface area contributed by atoms with E-state index in [1.807, 2.05) is 30.3 Å². The normalized spacial score (nSPS) is 9.85. The zero-order valence-electron chi connectivity index (χ0n) is 10.5. The van der Waals surface area contributed by atoms with E-state index in [-0.39, 0.29) is 17.9 Å². The molecule has 0 bridgehead atoms. The Balaban J connectivity index is 1.93.